The summed E-state index contributed by atoms with van der Waals surface area (Å²) in [6.07, 6.45) is 8.71. The Hall–Kier alpha value is -4.54. The molecule has 0 bridgehead atoms. The highest BCUT2D eigenvalue weighted by Crippen LogP contribution is 2.11. The Balaban J connectivity index is -0.0000000992. The Morgan fingerprint density at radius 1 is 0.744 bits per heavy atom. The summed E-state index contributed by atoms with van der Waals surface area (Å²) in [4.78, 5) is 63.8. The van der Waals surface area contributed by atoms with Crippen molar-refractivity contribution in [3.05, 3.63) is 38.0 Å². The van der Waals surface area contributed by atoms with Crippen molar-refractivity contribution in [1.29, 1.82) is 0 Å². The van der Waals surface area contributed by atoms with Crippen LogP contribution in [0.4, 0.5) is 4.79 Å². The van der Waals surface area contributed by atoms with E-state index in [1.165, 1.54) is 12.2 Å². The minimum absolute atomic E-state index is 0.350. The van der Waals surface area contributed by atoms with Crippen LogP contribution in [0.15, 0.2) is 47.9 Å². The smallest absolute Gasteiger partial charge is 0.421 e. The molecular formula is C25H44N4O14. The molecule has 0 radical (unpaired) electrons. The molecule has 0 aromatic rings. The Kier molecular flexibility index (Phi) is 53.0. The van der Waals surface area contributed by atoms with Crippen LogP contribution in [0, 0.1) is 5.41 Å². The number of amides is 1. The van der Waals surface area contributed by atoms with E-state index in [1.807, 2.05) is 0 Å². The molecule has 1 amide bonds. The van der Waals surface area contributed by atoms with Gasteiger partial charge in [0.15, 0.2) is 0 Å². The average molecular weight is 625 g/mol. The summed E-state index contributed by atoms with van der Waals surface area (Å²) in [6.45, 7) is 10.4. The van der Waals surface area contributed by atoms with Crippen LogP contribution in [0.3, 0.4) is 0 Å². The van der Waals surface area contributed by atoms with E-state index >= 15 is 0 Å². The van der Waals surface area contributed by atoms with E-state index in [1.54, 1.807) is 12.3 Å². The molecule has 18 nitrogen and oxygen atoms in total. The van der Waals surface area contributed by atoms with Crippen LogP contribution in [0.25, 0.3) is 0 Å². The van der Waals surface area contributed by atoms with Gasteiger partial charge in [0.05, 0.1) is 51.5 Å². The minimum atomic E-state index is -1.11. The van der Waals surface area contributed by atoms with Crippen molar-refractivity contribution in [3.8, 4) is 0 Å². The van der Waals surface area contributed by atoms with Gasteiger partial charge in [0.1, 0.15) is 0 Å². The number of aliphatic carboxylic acids is 3. The molecule has 0 saturated carbocycles. The van der Waals surface area contributed by atoms with E-state index < -0.39 is 55.8 Å². The van der Waals surface area contributed by atoms with Gasteiger partial charge in [0.2, 0.25) is 12.2 Å². The molecule has 0 aliphatic carbocycles. The number of nitrogens with two attached hydrogens (primary N) is 1. The second-order valence-corrected chi connectivity index (χ2v) is 6.98. The first-order valence-corrected chi connectivity index (χ1v) is 12.0. The second kappa shape index (κ2) is 44.5. The predicted octanol–water partition coefficient (Wildman–Crippen LogP) is -0.462. The van der Waals surface area contributed by atoms with Crippen molar-refractivity contribution in [3.63, 3.8) is 0 Å². The predicted molar refractivity (Wildman–Crippen MR) is 153 cm³/mol. The lowest BCUT2D eigenvalue weighted by atomic mass is 9.93. The van der Waals surface area contributed by atoms with Crippen LogP contribution in [0.5, 0.6) is 0 Å². The van der Waals surface area contributed by atoms with Crippen LogP contribution >= 0.6 is 0 Å². The van der Waals surface area contributed by atoms with Crippen molar-refractivity contribution >= 4 is 36.2 Å². The fraction of sp³-hybridized carbons (Fsp3) is 0.520. The van der Waals surface area contributed by atoms with Gasteiger partial charge >= 0.3 is 24.0 Å². The summed E-state index contributed by atoms with van der Waals surface area (Å²) in [7, 11) is 0. The average Bonchev–Trinajstić information content (AvgIpc) is 3.01. The lowest BCUT2D eigenvalue weighted by Crippen LogP contribution is -2.37. The second-order valence-electron chi connectivity index (χ2n) is 6.98. The van der Waals surface area contributed by atoms with E-state index in [9.17, 15) is 28.8 Å². The standard InChI is InChI=1S/C8H12N2O2.C5H12O4.C3H8N2O2.3C3H4O2/c11-7-9-5-3-1-2-4-6-10-8-12;6-1-5(2-7,3-8)4-9;1-2-7-3(6)5-4;3*1-2-3(4)5/h1-6H2;6-9H,1-4H2;2,4H2,1H3,(H,5,6);3*2H,1H2,(H,4,5). The van der Waals surface area contributed by atoms with Crippen molar-refractivity contribution in [2.24, 2.45) is 21.2 Å². The van der Waals surface area contributed by atoms with Gasteiger partial charge in [-0.25, -0.2) is 44.6 Å². The number of isocyanates is 2. The summed E-state index contributed by atoms with van der Waals surface area (Å²) in [5.41, 5.74) is 0.694. The number of carbonyl (C=O) groups excluding carboxylic acids is 3. The number of ether oxygens (including phenoxy) is 1. The highest BCUT2D eigenvalue weighted by atomic mass is 16.5. The van der Waals surface area contributed by atoms with E-state index in [4.69, 9.17) is 35.7 Å². The molecule has 0 saturated heterocycles. The minimum Gasteiger partial charge on any atom is -0.478 e. The molecule has 0 heterocycles. The summed E-state index contributed by atoms with van der Waals surface area (Å²) >= 11 is 0. The Bertz CT molecular complexity index is 754. The number of carbonyl (C=O) groups is 4. The maximum Gasteiger partial charge on any atom is 0.421 e. The van der Waals surface area contributed by atoms with Crippen LogP contribution in [0.2, 0.25) is 0 Å². The van der Waals surface area contributed by atoms with Crippen molar-refractivity contribution in [2.75, 3.05) is 46.1 Å². The fourth-order valence-corrected chi connectivity index (χ4v) is 1.30. The number of carboxylic acid groups (broad SMARTS) is 3. The topological polar surface area (TPSA) is 316 Å². The van der Waals surface area contributed by atoms with Gasteiger partial charge < -0.3 is 40.5 Å². The summed E-state index contributed by atoms with van der Waals surface area (Å²) < 4.78 is 4.32. The molecule has 0 aliphatic heterocycles. The number of nitrogens with zero attached hydrogens (tertiary/aromatic N) is 2. The Morgan fingerprint density at radius 2 is 1.02 bits per heavy atom. The van der Waals surface area contributed by atoms with Crippen LogP contribution in [-0.2, 0) is 28.7 Å². The fourth-order valence-electron chi connectivity index (χ4n) is 1.30. The first kappa shape index (κ1) is 51.2. The lowest BCUT2D eigenvalue weighted by molar-refractivity contribution is -0.132. The highest BCUT2D eigenvalue weighted by Gasteiger charge is 2.26. The van der Waals surface area contributed by atoms with Gasteiger partial charge in [-0.2, -0.15) is 0 Å². The van der Waals surface area contributed by atoms with E-state index in [0.29, 0.717) is 19.7 Å². The largest absolute Gasteiger partial charge is 0.478 e. The third-order valence-electron chi connectivity index (χ3n) is 3.68. The van der Waals surface area contributed by atoms with Crippen molar-refractivity contribution in [1.82, 2.24) is 5.43 Å². The normalized spacial score (nSPS) is 8.33. The van der Waals surface area contributed by atoms with Crippen molar-refractivity contribution in [2.45, 2.75) is 32.6 Å². The zero-order valence-electron chi connectivity index (χ0n) is 24.1. The molecule has 0 aromatic heterocycles. The number of rotatable bonds is 15. The quantitative estimate of drug-likeness (QED) is 0.0212. The SMILES string of the molecule is C=CC(=O)O.C=CC(=O)O.C=CC(=O)O.CCOC(=O)NN.O=C=NCCCCCCN=C=O.OCC(CO)(CO)CO. The van der Waals surface area contributed by atoms with Crippen LogP contribution in [-0.4, -0.2) is 118 Å². The summed E-state index contributed by atoms with van der Waals surface area (Å²) in [5, 5.41) is 56.8. The molecule has 0 unspecified atom stereocenters. The molecule has 10 N–H and O–H groups in total. The van der Waals surface area contributed by atoms with Crippen LogP contribution < -0.4 is 11.3 Å². The first-order chi connectivity index (χ1) is 20.3. The van der Waals surface area contributed by atoms with Gasteiger partial charge in [-0.05, 0) is 19.8 Å². The summed E-state index contributed by atoms with van der Waals surface area (Å²) in [6, 6.07) is 0. The van der Waals surface area contributed by atoms with Gasteiger partial charge in [-0.1, -0.05) is 32.6 Å². The summed E-state index contributed by atoms with van der Waals surface area (Å²) in [5.74, 6) is 1.69. The molecule has 0 rings (SSSR count). The number of aliphatic hydroxyl groups is 4. The van der Waals surface area contributed by atoms with Gasteiger partial charge in [0.25, 0.3) is 0 Å². The first-order valence-electron chi connectivity index (χ1n) is 12.0. The molecule has 0 fully saturated rings. The van der Waals surface area contributed by atoms with E-state index in [0.717, 1.165) is 43.9 Å². The molecule has 0 atom stereocenters. The van der Waals surface area contributed by atoms with Crippen molar-refractivity contribution < 1.29 is 69.2 Å². The number of nitrogens with one attached hydrogen (secondary N) is 1. The zero-order valence-corrected chi connectivity index (χ0v) is 24.1. The maximum absolute atomic E-state index is 9.95. The van der Waals surface area contributed by atoms with E-state index in [2.05, 4.69) is 40.3 Å². The molecule has 248 valence electrons. The number of aliphatic imine (C=N–C) groups is 2. The van der Waals surface area contributed by atoms with E-state index in [-0.39, 0.29) is 0 Å². The molecule has 0 aromatic carbocycles. The molecule has 0 aliphatic rings. The van der Waals surface area contributed by atoms with Gasteiger partial charge in [-0.15, -0.1) is 0 Å². The van der Waals surface area contributed by atoms with Gasteiger partial charge in [0, 0.05) is 18.2 Å². The highest BCUT2D eigenvalue weighted by molar-refractivity contribution is 5.79. The number of hydrogen-bond acceptors (Lipinski definition) is 14. The monoisotopic (exact) mass is 624 g/mol. The van der Waals surface area contributed by atoms with Crippen LogP contribution in [0.1, 0.15) is 32.6 Å². The lowest BCUT2D eigenvalue weighted by Gasteiger charge is -2.23. The maximum atomic E-state index is 9.95. The Labute approximate surface area is 249 Å². The Morgan fingerprint density at radius 3 is 1.14 bits per heavy atom. The number of carboxylic acids is 3. The molecule has 43 heavy (non-hydrogen) atoms. The number of aliphatic hydroxyl groups excluding tert-OH is 4. The number of hydrazine groups is 1. The zero-order chi connectivity index (χ0) is 35.0. The molecule has 18 heteroatoms. The third-order valence-corrected chi connectivity index (χ3v) is 3.68. The molecular weight excluding hydrogens is 580 g/mol. The number of unbranched alkanes of at least 4 members (excludes halogenated alkanes) is 3. The van der Waals surface area contributed by atoms with Gasteiger partial charge in [-0.3, -0.25) is 5.43 Å². The molecule has 0 spiro atoms. The number of hydrogen-bond donors (Lipinski definition) is 9. The third kappa shape index (κ3) is 62.5.